The Morgan fingerprint density at radius 3 is 2.47 bits per heavy atom. The van der Waals surface area contributed by atoms with E-state index in [1.807, 2.05) is 18.7 Å². The number of likely N-dealkylation sites (N-methyl/N-ethyl adjacent to an activating group) is 1. The molecule has 17 heavy (non-hydrogen) atoms. The minimum absolute atomic E-state index is 0.0197. The highest BCUT2D eigenvalue weighted by molar-refractivity contribution is 5.77. The summed E-state index contributed by atoms with van der Waals surface area (Å²) >= 11 is 0. The summed E-state index contributed by atoms with van der Waals surface area (Å²) < 4.78 is 4.91. The summed E-state index contributed by atoms with van der Waals surface area (Å²) in [6.07, 6.45) is 1.27. The first-order valence-corrected chi connectivity index (χ1v) is 6.15. The molecule has 0 fully saturated rings. The van der Waals surface area contributed by atoms with Crippen molar-refractivity contribution in [3.8, 4) is 0 Å². The fourth-order valence-electron chi connectivity index (χ4n) is 1.60. The second-order valence-electron chi connectivity index (χ2n) is 4.00. The standard InChI is InChI=1S/C12H24N2O3/c1-5-7-14(9-11(15)13-4)10(3)8-12(16)17-6-2/h10H,5-9H2,1-4H3,(H,13,15). The highest BCUT2D eigenvalue weighted by atomic mass is 16.5. The highest BCUT2D eigenvalue weighted by Crippen LogP contribution is 2.06. The maximum Gasteiger partial charge on any atom is 0.307 e. The van der Waals surface area contributed by atoms with Crippen molar-refractivity contribution in [1.29, 1.82) is 0 Å². The Kier molecular flexibility index (Phi) is 8.40. The van der Waals surface area contributed by atoms with Crippen LogP contribution in [0.15, 0.2) is 0 Å². The minimum Gasteiger partial charge on any atom is -0.466 e. The van der Waals surface area contributed by atoms with Crippen LogP contribution in [0.3, 0.4) is 0 Å². The molecule has 0 aliphatic carbocycles. The summed E-state index contributed by atoms with van der Waals surface area (Å²) in [6, 6.07) is 0.0197. The van der Waals surface area contributed by atoms with E-state index in [-0.39, 0.29) is 17.9 Å². The fourth-order valence-corrected chi connectivity index (χ4v) is 1.60. The van der Waals surface area contributed by atoms with Crippen molar-refractivity contribution in [1.82, 2.24) is 10.2 Å². The van der Waals surface area contributed by atoms with Crippen LogP contribution >= 0.6 is 0 Å². The van der Waals surface area contributed by atoms with Gasteiger partial charge in [-0.3, -0.25) is 14.5 Å². The molecule has 0 aliphatic rings. The smallest absolute Gasteiger partial charge is 0.307 e. The maximum atomic E-state index is 11.4. The van der Waals surface area contributed by atoms with Crippen LogP contribution in [0.25, 0.3) is 0 Å². The number of esters is 1. The van der Waals surface area contributed by atoms with E-state index in [4.69, 9.17) is 4.74 Å². The number of nitrogens with zero attached hydrogens (tertiary/aromatic N) is 1. The summed E-state index contributed by atoms with van der Waals surface area (Å²) in [5.41, 5.74) is 0. The molecule has 1 amide bonds. The van der Waals surface area contributed by atoms with E-state index in [1.54, 1.807) is 14.0 Å². The summed E-state index contributed by atoms with van der Waals surface area (Å²) in [7, 11) is 1.61. The van der Waals surface area contributed by atoms with Crippen LogP contribution in [0.5, 0.6) is 0 Å². The van der Waals surface area contributed by atoms with Crippen LogP contribution in [0.2, 0.25) is 0 Å². The second-order valence-corrected chi connectivity index (χ2v) is 4.00. The molecule has 0 saturated heterocycles. The van der Waals surface area contributed by atoms with Gasteiger partial charge in [-0.1, -0.05) is 6.92 Å². The maximum absolute atomic E-state index is 11.4. The summed E-state index contributed by atoms with van der Waals surface area (Å²) in [5, 5.41) is 2.59. The lowest BCUT2D eigenvalue weighted by molar-refractivity contribution is -0.144. The third kappa shape index (κ3) is 6.94. The predicted octanol–water partition coefficient (Wildman–Crippen LogP) is 0.786. The number of carbonyl (C=O) groups excluding carboxylic acids is 2. The Balaban J connectivity index is 4.27. The number of ether oxygens (including phenoxy) is 1. The van der Waals surface area contributed by atoms with Crippen molar-refractivity contribution >= 4 is 11.9 Å². The van der Waals surface area contributed by atoms with E-state index >= 15 is 0 Å². The predicted molar refractivity (Wildman–Crippen MR) is 66.6 cm³/mol. The van der Waals surface area contributed by atoms with Gasteiger partial charge < -0.3 is 10.1 Å². The van der Waals surface area contributed by atoms with E-state index in [1.165, 1.54) is 0 Å². The van der Waals surface area contributed by atoms with Gasteiger partial charge in [-0.2, -0.15) is 0 Å². The van der Waals surface area contributed by atoms with Crippen molar-refractivity contribution in [2.24, 2.45) is 0 Å². The van der Waals surface area contributed by atoms with Gasteiger partial charge >= 0.3 is 5.97 Å². The van der Waals surface area contributed by atoms with Gasteiger partial charge in [0.1, 0.15) is 0 Å². The first kappa shape index (κ1) is 15.9. The lowest BCUT2D eigenvalue weighted by Gasteiger charge is -2.27. The molecular weight excluding hydrogens is 220 g/mol. The van der Waals surface area contributed by atoms with Gasteiger partial charge in [-0.15, -0.1) is 0 Å². The molecule has 0 aromatic rings. The van der Waals surface area contributed by atoms with E-state index in [0.29, 0.717) is 19.6 Å². The SMILES string of the molecule is CCCN(CC(=O)NC)C(C)CC(=O)OCC. The number of rotatable bonds is 8. The van der Waals surface area contributed by atoms with Crippen LogP contribution in [0.4, 0.5) is 0 Å². The van der Waals surface area contributed by atoms with E-state index in [2.05, 4.69) is 5.32 Å². The largest absolute Gasteiger partial charge is 0.466 e. The number of carbonyl (C=O) groups is 2. The van der Waals surface area contributed by atoms with Gasteiger partial charge in [-0.05, 0) is 26.8 Å². The molecule has 0 spiro atoms. The van der Waals surface area contributed by atoms with Crippen molar-refractivity contribution in [2.75, 3.05) is 26.7 Å². The van der Waals surface area contributed by atoms with Gasteiger partial charge in [0.05, 0.1) is 19.6 Å². The molecule has 1 atom stereocenters. The van der Waals surface area contributed by atoms with Crippen molar-refractivity contribution in [2.45, 2.75) is 39.7 Å². The first-order valence-electron chi connectivity index (χ1n) is 6.15. The van der Waals surface area contributed by atoms with Gasteiger partial charge in [0.25, 0.3) is 0 Å². The molecular formula is C12H24N2O3. The molecule has 0 radical (unpaired) electrons. The molecule has 0 aromatic carbocycles. The zero-order valence-electron chi connectivity index (χ0n) is 11.3. The molecule has 5 heteroatoms. The minimum atomic E-state index is -0.210. The number of nitrogens with one attached hydrogen (secondary N) is 1. The lowest BCUT2D eigenvalue weighted by Crippen LogP contribution is -2.42. The molecule has 5 nitrogen and oxygen atoms in total. The van der Waals surface area contributed by atoms with Gasteiger partial charge in [0, 0.05) is 13.1 Å². The second kappa shape index (κ2) is 8.98. The summed E-state index contributed by atoms with van der Waals surface area (Å²) in [6.45, 7) is 7.30. The average Bonchev–Trinajstić information content (AvgIpc) is 2.28. The number of hydrogen-bond donors (Lipinski definition) is 1. The normalized spacial score (nSPS) is 12.3. The van der Waals surface area contributed by atoms with Crippen LogP contribution in [0, 0.1) is 0 Å². The Hall–Kier alpha value is -1.10. The van der Waals surface area contributed by atoms with Gasteiger partial charge in [-0.25, -0.2) is 0 Å². The van der Waals surface area contributed by atoms with Crippen molar-refractivity contribution < 1.29 is 14.3 Å². The first-order chi connectivity index (χ1) is 8.04. The topological polar surface area (TPSA) is 58.6 Å². The third-order valence-corrected chi connectivity index (χ3v) is 2.53. The molecule has 0 heterocycles. The van der Waals surface area contributed by atoms with E-state index < -0.39 is 0 Å². The monoisotopic (exact) mass is 244 g/mol. The van der Waals surface area contributed by atoms with Crippen molar-refractivity contribution in [3.63, 3.8) is 0 Å². The van der Waals surface area contributed by atoms with E-state index in [0.717, 1.165) is 13.0 Å². The molecule has 1 unspecified atom stereocenters. The molecule has 100 valence electrons. The fraction of sp³-hybridized carbons (Fsp3) is 0.833. The van der Waals surface area contributed by atoms with E-state index in [9.17, 15) is 9.59 Å². The summed E-state index contributed by atoms with van der Waals surface area (Å²) in [4.78, 5) is 24.7. The van der Waals surface area contributed by atoms with Crippen LogP contribution in [0.1, 0.15) is 33.6 Å². The zero-order chi connectivity index (χ0) is 13.3. The number of hydrogen-bond acceptors (Lipinski definition) is 4. The molecule has 0 aliphatic heterocycles. The highest BCUT2D eigenvalue weighted by Gasteiger charge is 2.19. The van der Waals surface area contributed by atoms with Crippen molar-refractivity contribution in [3.05, 3.63) is 0 Å². The van der Waals surface area contributed by atoms with Gasteiger partial charge in [0.2, 0.25) is 5.91 Å². The molecule has 0 aromatic heterocycles. The lowest BCUT2D eigenvalue weighted by atomic mass is 10.2. The summed E-state index contributed by atoms with van der Waals surface area (Å²) in [5.74, 6) is -0.243. The Morgan fingerprint density at radius 1 is 1.35 bits per heavy atom. The number of amides is 1. The van der Waals surface area contributed by atoms with Crippen LogP contribution in [-0.2, 0) is 14.3 Å². The molecule has 0 saturated carbocycles. The zero-order valence-corrected chi connectivity index (χ0v) is 11.3. The molecule has 0 bridgehead atoms. The third-order valence-electron chi connectivity index (χ3n) is 2.53. The van der Waals surface area contributed by atoms with Crippen LogP contribution in [-0.4, -0.2) is 49.6 Å². The molecule has 0 rings (SSSR count). The van der Waals surface area contributed by atoms with Gasteiger partial charge in [0.15, 0.2) is 0 Å². The quantitative estimate of drug-likeness (QED) is 0.641. The Morgan fingerprint density at radius 2 is 2.00 bits per heavy atom. The average molecular weight is 244 g/mol. The Labute approximate surface area is 103 Å². The molecule has 1 N–H and O–H groups in total. The van der Waals surface area contributed by atoms with Crippen LogP contribution < -0.4 is 5.32 Å². The Bertz CT molecular complexity index is 244.